The first-order valence-corrected chi connectivity index (χ1v) is 10.0. The Morgan fingerprint density at radius 2 is 1.81 bits per heavy atom. The molecule has 0 radical (unpaired) electrons. The minimum absolute atomic E-state index is 0.210. The van der Waals surface area contributed by atoms with Gasteiger partial charge < -0.3 is 10.1 Å². The fourth-order valence-electron chi connectivity index (χ4n) is 3.30. The van der Waals surface area contributed by atoms with E-state index in [2.05, 4.69) is 12.2 Å². The molecule has 2 aromatic rings. The van der Waals surface area contributed by atoms with Crippen LogP contribution in [0.3, 0.4) is 0 Å². The van der Waals surface area contributed by atoms with E-state index in [9.17, 15) is 9.59 Å². The molecule has 3 rings (SSSR count). The summed E-state index contributed by atoms with van der Waals surface area (Å²) >= 11 is 1.34. The van der Waals surface area contributed by atoms with Crippen LogP contribution in [0.5, 0.6) is 0 Å². The Kier molecular flexibility index (Phi) is 6.09. The van der Waals surface area contributed by atoms with E-state index in [1.165, 1.54) is 16.9 Å². The summed E-state index contributed by atoms with van der Waals surface area (Å²) in [7, 11) is 0. The van der Waals surface area contributed by atoms with Crippen molar-refractivity contribution in [2.75, 3.05) is 6.61 Å². The van der Waals surface area contributed by atoms with Gasteiger partial charge in [0.15, 0.2) is 6.61 Å². The molecular formula is C21H25NO3S. The number of carbonyl (C=O) groups excluding carboxylic acids is 2. The van der Waals surface area contributed by atoms with Gasteiger partial charge >= 0.3 is 5.97 Å². The monoisotopic (exact) mass is 371 g/mol. The first-order chi connectivity index (χ1) is 12.5. The predicted octanol–water partition coefficient (Wildman–Crippen LogP) is 4.58. The number of aryl methyl sites for hydroxylation is 1. The highest BCUT2D eigenvalue weighted by atomic mass is 32.1. The van der Waals surface area contributed by atoms with Crippen LogP contribution in [0.15, 0.2) is 35.7 Å². The van der Waals surface area contributed by atoms with Crippen LogP contribution in [0, 0.1) is 12.8 Å². The molecule has 1 heterocycles. The van der Waals surface area contributed by atoms with Crippen LogP contribution in [0.4, 0.5) is 0 Å². The van der Waals surface area contributed by atoms with E-state index in [-0.39, 0.29) is 18.6 Å². The van der Waals surface area contributed by atoms with E-state index in [1.54, 1.807) is 0 Å². The summed E-state index contributed by atoms with van der Waals surface area (Å²) in [6.45, 7) is 4.04. The summed E-state index contributed by atoms with van der Waals surface area (Å²) in [4.78, 5) is 25.0. The van der Waals surface area contributed by atoms with Crippen molar-refractivity contribution in [3.05, 3.63) is 46.2 Å². The highest BCUT2D eigenvalue weighted by molar-refractivity contribution is 7.12. The molecule has 138 valence electrons. The molecule has 1 fully saturated rings. The minimum Gasteiger partial charge on any atom is -0.451 e. The molecule has 0 spiro atoms. The molecule has 5 heteroatoms. The Bertz CT molecular complexity index is 758. The average molecular weight is 372 g/mol. The van der Waals surface area contributed by atoms with Crippen molar-refractivity contribution in [2.24, 2.45) is 5.92 Å². The lowest BCUT2D eigenvalue weighted by atomic mass is 9.87. The zero-order chi connectivity index (χ0) is 18.5. The zero-order valence-corrected chi connectivity index (χ0v) is 16.1. The third-order valence-electron chi connectivity index (χ3n) is 4.93. The molecule has 0 bridgehead atoms. The molecule has 1 amide bonds. The van der Waals surface area contributed by atoms with E-state index < -0.39 is 5.97 Å². The number of carbonyl (C=O) groups is 2. The fraction of sp³-hybridized carbons (Fsp3) is 0.429. The lowest BCUT2D eigenvalue weighted by Gasteiger charge is -2.26. The second kappa shape index (κ2) is 8.49. The second-order valence-corrected chi connectivity index (χ2v) is 8.05. The number of ether oxygens (including phenoxy) is 1. The first kappa shape index (κ1) is 18.6. The van der Waals surface area contributed by atoms with Gasteiger partial charge in [0.05, 0.1) is 0 Å². The summed E-state index contributed by atoms with van der Waals surface area (Å²) in [6.07, 6.45) is 4.28. The van der Waals surface area contributed by atoms with Crippen molar-refractivity contribution in [3.8, 4) is 11.1 Å². The maximum absolute atomic E-state index is 12.4. The van der Waals surface area contributed by atoms with Gasteiger partial charge in [-0.25, -0.2) is 4.79 Å². The Balaban J connectivity index is 1.55. The standard InChI is InChI=1S/C21H25NO3S/c1-14-3-7-16(8-4-14)18-11-12-26-20(18)21(24)25-13-19(23)22-17-9-5-15(2)6-10-17/h3-4,7-8,11-12,15,17H,5-6,9-10,13H2,1-2H3,(H,22,23). The van der Waals surface area contributed by atoms with Crippen LogP contribution in [0.2, 0.25) is 0 Å². The van der Waals surface area contributed by atoms with E-state index in [4.69, 9.17) is 4.74 Å². The number of rotatable bonds is 5. The van der Waals surface area contributed by atoms with E-state index >= 15 is 0 Å². The average Bonchev–Trinajstić information content (AvgIpc) is 3.12. The molecule has 0 atom stereocenters. The molecule has 0 aliphatic heterocycles. The van der Waals surface area contributed by atoms with Gasteiger partial charge in [-0.1, -0.05) is 36.8 Å². The second-order valence-electron chi connectivity index (χ2n) is 7.13. The van der Waals surface area contributed by atoms with Gasteiger partial charge in [0.1, 0.15) is 4.88 Å². The zero-order valence-electron chi connectivity index (χ0n) is 15.3. The van der Waals surface area contributed by atoms with Gasteiger partial charge in [0.2, 0.25) is 0 Å². The molecule has 4 nitrogen and oxygen atoms in total. The lowest BCUT2D eigenvalue weighted by Crippen LogP contribution is -2.39. The molecule has 1 aliphatic carbocycles. The maximum atomic E-state index is 12.4. The first-order valence-electron chi connectivity index (χ1n) is 9.14. The summed E-state index contributed by atoms with van der Waals surface area (Å²) < 4.78 is 5.26. The number of nitrogens with one attached hydrogen (secondary N) is 1. The largest absolute Gasteiger partial charge is 0.451 e. The number of amides is 1. The minimum atomic E-state index is -0.442. The molecule has 26 heavy (non-hydrogen) atoms. The molecule has 1 aliphatic rings. The maximum Gasteiger partial charge on any atom is 0.349 e. The van der Waals surface area contributed by atoms with Crippen LogP contribution < -0.4 is 5.32 Å². The Morgan fingerprint density at radius 3 is 2.50 bits per heavy atom. The van der Waals surface area contributed by atoms with Crippen molar-refractivity contribution < 1.29 is 14.3 Å². The summed E-state index contributed by atoms with van der Waals surface area (Å²) in [5.74, 6) is 0.0781. The third kappa shape index (κ3) is 4.73. The van der Waals surface area contributed by atoms with Gasteiger partial charge in [0, 0.05) is 11.6 Å². The van der Waals surface area contributed by atoms with Gasteiger partial charge in [-0.2, -0.15) is 0 Å². The van der Waals surface area contributed by atoms with Crippen molar-refractivity contribution in [1.82, 2.24) is 5.32 Å². The van der Waals surface area contributed by atoms with E-state index in [0.717, 1.165) is 42.7 Å². The van der Waals surface area contributed by atoms with Gasteiger partial charge in [-0.05, 0) is 55.5 Å². The van der Waals surface area contributed by atoms with E-state index in [0.29, 0.717) is 4.88 Å². The van der Waals surface area contributed by atoms with Crippen LogP contribution in [-0.2, 0) is 9.53 Å². The number of esters is 1. The topological polar surface area (TPSA) is 55.4 Å². The molecule has 0 saturated heterocycles. The van der Waals surface area contributed by atoms with Crippen molar-refractivity contribution in [2.45, 2.75) is 45.6 Å². The van der Waals surface area contributed by atoms with Crippen molar-refractivity contribution in [1.29, 1.82) is 0 Å². The van der Waals surface area contributed by atoms with E-state index in [1.807, 2.05) is 42.6 Å². The van der Waals surface area contributed by atoms with Crippen LogP contribution >= 0.6 is 11.3 Å². The lowest BCUT2D eigenvalue weighted by molar-refractivity contribution is -0.125. The van der Waals surface area contributed by atoms with Crippen molar-refractivity contribution in [3.63, 3.8) is 0 Å². The summed E-state index contributed by atoms with van der Waals surface area (Å²) in [6, 6.07) is 10.1. The van der Waals surface area contributed by atoms with Gasteiger partial charge in [-0.15, -0.1) is 11.3 Å². The Hall–Kier alpha value is -2.14. The van der Waals surface area contributed by atoms with Gasteiger partial charge in [-0.3, -0.25) is 4.79 Å². The molecular weight excluding hydrogens is 346 g/mol. The molecule has 0 unspecified atom stereocenters. The molecule has 1 N–H and O–H groups in total. The highest BCUT2D eigenvalue weighted by Crippen LogP contribution is 2.29. The Morgan fingerprint density at radius 1 is 1.12 bits per heavy atom. The third-order valence-corrected chi connectivity index (χ3v) is 5.82. The fourth-order valence-corrected chi connectivity index (χ4v) is 4.11. The summed E-state index contributed by atoms with van der Waals surface area (Å²) in [5.41, 5.74) is 2.99. The number of hydrogen-bond donors (Lipinski definition) is 1. The SMILES string of the molecule is Cc1ccc(-c2ccsc2C(=O)OCC(=O)NC2CCC(C)CC2)cc1. The smallest absolute Gasteiger partial charge is 0.349 e. The Labute approximate surface area is 158 Å². The number of hydrogen-bond acceptors (Lipinski definition) is 4. The predicted molar refractivity (Wildman–Crippen MR) is 104 cm³/mol. The van der Waals surface area contributed by atoms with Crippen LogP contribution in [-0.4, -0.2) is 24.5 Å². The summed E-state index contributed by atoms with van der Waals surface area (Å²) in [5, 5.41) is 4.85. The molecule has 1 aromatic carbocycles. The van der Waals surface area contributed by atoms with Gasteiger partial charge in [0.25, 0.3) is 5.91 Å². The van der Waals surface area contributed by atoms with Crippen molar-refractivity contribution >= 4 is 23.2 Å². The molecule has 1 aromatic heterocycles. The number of thiophene rings is 1. The normalized spacial score (nSPS) is 19.8. The number of benzene rings is 1. The highest BCUT2D eigenvalue weighted by Gasteiger charge is 2.21. The van der Waals surface area contributed by atoms with Crippen LogP contribution in [0.25, 0.3) is 11.1 Å². The quantitative estimate of drug-likeness (QED) is 0.783. The van der Waals surface area contributed by atoms with Crippen LogP contribution in [0.1, 0.15) is 47.8 Å². The molecule has 1 saturated carbocycles.